The fraction of sp³-hybridized carbons (Fsp3) is 1.00. The number of hydrogen-bond donors (Lipinski definition) is 1. The van der Waals surface area contributed by atoms with Crippen molar-refractivity contribution < 1.29 is 9.47 Å². The Labute approximate surface area is 98.3 Å². The molecular formula is C12H24N2O2. The predicted octanol–water partition coefficient (Wildman–Crippen LogP) is 0.476. The number of nitrogens with zero attached hydrogens (tertiary/aromatic N) is 1. The van der Waals surface area contributed by atoms with Crippen LogP contribution in [0.1, 0.15) is 20.3 Å². The Bertz CT molecular complexity index is 215. The van der Waals surface area contributed by atoms with Gasteiger partial charge in [0.05, 0.1) is 26.4 Å². The molecule has 0 bridgehead atoms. The van der Waals surface area contributed by atoms with Gasteiger partial charge >= 0.3 is 0 Å². The lowest BCUT2D eigenvalue weighted by atomic mass is 10.0. The molecule has 94 valence electrons. The summed E-state index contributed by atoms with van der Waals surface area (Å²) in [5.41, 5.74) is 0.188. The van der Waals surface area contributed by atoms with Crippen molar-refractivity contribution in [2.24, 2.45) is 0 Å². The lowest BCUT2D eigenvalue weighted by molar-refractivity contribution is -0.0539. The van der Waals surface area contributed by atoms with Crippen LogP contribution in [0.3, 0.4) is 0 Å². The largest absolute Gasteiger partial charge is 0.379 e. The summed E-state index contributed by atoms with van der Waals surface area (Å²) in [5, 5.41) is 3.50. The van der Waals surface area contributed by atoms with E-state index < -0.39 is 0 Å². The molecule has 0 aromatic rings. The molecule has 16 heavy (non-hydrogen) atoms. The Morgan fingerprint density at radius 3 is 2.88 bits per heavy atom. The van der Waals surface area contributed by atoms with Gasteiger partial charge in [-0.05, 0) is 20.3 Å². The normalized spacial score (nSPS) is 31.5. The van der Waals surface area contributed by atoms with Gasteiger partial charge in [0, 0.05) is 31.2 Å². The maximum Gasteiger partial charge on any atom is 0.0645 e. The van der Waals surface area contributed by atoms with Crippen LogP contribution in [-0.2, 0) is 9.47 Å². The second-order valence-corrected chi connectivity index (χ2v) is 5.37. The second-order valence-electron chi connectivity index (χ2n) is 5.37. The Kier molecular flexibility index (Phi) is 4.19. The fourth-order valence-electron chi connectivity index (χ4n) is 2.42. The van der Waals surface area contributed by atoms with Crippen LogP contribution in [0.2, 0.25) is 0 Å². The maximum absolute atomic E-state index is 5.52. The molecule has 2 aliphatic rings. The fourth-order valence-corrected chi connectivity index (χ4v) is 2.42. The van der Waals surface area contributed by atoms with Crippen molar-refractivity contribution in [3.05, 3.63) is 0 Å². The zero-order valence-electron chi connectivity index (χ0n) is 10.5. The average Bonchev–Trinajstić information content (AvgIpc) is 2.28. The van der Waals surface area contributed by atoms with Gasteiger partial charge in [0.25, 0.3) is 0 Å². The molecule has 0 aromatic heterocycles. The molecule has 0 radical (unpaired) electrons. The Morgan fingerprint density at radius 1 is 1.31 bits per heavy atom. The van der Waals surface area contributed by atoms with Gasteiger partial charge in [-0.3, -0.25) is 4.90 Å². The summed E-state index contributed by atoms with van der Waals surface area (Å²) in [6, 6.07) is 0.535. The topological polar surface area (TPSA) is 33.7 Å². The Hall–Kier alpha value is -0.160. The van der Waals surface area contributed by atoms with Crippen LogP contribution in [0.15, 0.2) is 0 Å². The molecule has 1 N–H and O–H groups in total. The van der Waals surface area contributed by atoms with Crippen LogP contribution >= 0.6 is 0 Å². The Morgan fingerprint density at radius 2 is 2.19 bits per heavy atom. The first-order valence-corrected chi connectivity index (χ1v) is 6.32. The Balaban J connectivity index is 1.75. The second kappa shape index (κ2) is 5.45. The highest BCUT2D eigenvalue weighted by molar-refractivity contribution is 4.85. The molecule has 4 heteroatoms. The molecular weight excluding hydrogens is 204 g/mol. The van der Waals surface area contributed by atoms with Crippen LogP contribution in [0.5, 0.6) is 0 Å². The number of ether oxygens (including phenoxy) is 2. The summed E-state index contributed by atoms with van der Waals surface area (Å²) >= 11 is 0. The molecule has 0 spiro atoms. The number of morpholine rings is 2. The van der Waals surface area contributed by atoms with Gasteiger partial charge < -0.3 is 14.8 Å². The van der Waals surface area contributed by atoms with E-state index in [0.717, 1.165) is 46.1 Å². The summed E-state index contributed by atoms with van der Waals surface area (Å²) in [6.45, 7) is 11.2. The predicted molar refractivity (Wildman–Crippen MR) is 63.7 cm³/mol. The van der Waals surface area contributed by atoms with Crippen LogP contribution in [0.25, 0.3) is 0 Å². The van der Waals surface area contributed by atoms with Crippen molar-refractivity contribution in [3.63, 3.8) is 0 Å². The highest BCUT2D eigenvalue weighted by Gasteiger charge is 2.30. The van der Waals surface area contributed by atoms with Crippen LogP contribution in [-0.4, -0.2) is 62.5 Å². The summed E-state index contributed by atoms with van der Waals surface area (Å²) < 4.78 is 11.0. The van der Waals surface area contributed by atoms with Gasteiger partial charge in [-0.2, -0.15) is 0 Å². The van der Waals surface area contributed by atoms with E-state index in [2.05, 4.69) is 24.1 Å². The van der Waals surface area contributed by atoms with Gasteiger partial charge in [-0.1, -0.05) is 0 Å². The molecule has 1 unspecified atom stereocenters. The number of hydrogen-bond acceptors (Lipinski definition) is 4. The summed E-state index contributed by atoms with van der Waals surface area (Å²) in [6.07, 6.45) is 1.17. The lowest BCUT2D eigenvalue weighted by Crippen LogP contribution is -2.54. The van der Waals surface area contributed by atoms with Crippen molar-refractivity contribution in [1.82, 2.24) is 10.2 Å². The van der Waals surface area contributed by atoms with Crippen molar-refractivity contribution in [1.29, 1.82) is 0 Å². The highest BCUT2D eigenvalue weighted by Crippen LogP contribution is 2.19. The van der Waals surface area contributed by atoms with E-state index in [-0.39, 0.29) is 5.54 Å². The minimum atomic E-state index is 0.188. The molecule has 2 rings (SSSR count). The van der Waals surface area contributed by atoms with Gasteiger partial charge in [-0.25, -0.2) is 0 Å². The molecule has 2 fully saturated rings. The summed E-state index contributed by atoms with van der Waals surface area (Å²) in [4.78, 5) is 2.53. The lowest BCUT2D eigenvalue weighted by Gasteiger charge is -2.42. The maximum atomic E-state index is 5.52. The van der Waals surface area contributed by atoms with Gasteiger partial charge in [0.15, 0.2) is 0 Å². The SMILES string of the molecule is CC1(C)COCCN1CCC1COCCN1. The van der Waals surface area contributed by atoms with E-state index in [1.54, 1.807) is 0 Å². The van der Waals surface area contributed by atoms with E-state index in [9.17, 15) is 0 Å². The first kappa shape index (κ1) is 12.3. The minimum absolute atomic E-state index is 0.188. The molecule has 2 heterocycles. The van der Waals surface area contributed by atoms with Crippen molar-refractivity contribution in [2.75, 3.05) is 46.1 Å². The highest BCUT2D eigenvalue weighted by atomic mass is 16.5. The quantitative estimate of drug-likeness (QED) is 0.761. The number of nitrogens with one attached hydrogen (secondary N) is 1. The van der Waals surface area contributed by atoms with E-state index >= 15 is 0 Å². The molecule has 0 amide bonds. The van der Waals surface area contributed by atoms with Gasteiger partial charge in [0.1, 0.15) is 0 Å². The van der Waals surface area contributed by atoms with Crippen molar-refractivity contribution in [2.45, 2.75) is 31.8 Å². The third kappa shape index (κ3) is 3.17. The molecule has 0 aliphatic carbocycles. The van der Waals surface area contributed by atoms with Gasteiger partial charge in [-0.15, -0.1) is 0 Å². The smallest absolute Gasteiger partial charge is 0.0645 e. The zero-order valence-corrected chi connectivity index (χ0v) is 10.5. The summed E-state index contributed by atoms with van der Waals surface area (Å²) in [7, 11) is 0. The number of rotatable bonds is 3. The van der Waals surface area contributed by atoms with E-state index in [1.165, 1.54) is 6.42 Å². The van der Waals surface area contributed by atoms with E-state index in [4.69, 9.17) is 9.47 Å². The molecule has 1 atom stereocenters. The molecule has 2 aliphatic heterocycles. The third-order valence-electron chi connectivity index (χ3n) is 3.56. The molecule has 0 saturated carbocycles. The monoisotopic (exact) mass is 228 g/mol. The average molecular weight is 228 g/mol. The van der Waals surface area contributed by atoms with E-state index in [1.807, 2.05) is 0 Å². The molecule has 4 nitrogen and oxygen atoms in total. The summed E-state index contributed by atoms with van der Waals surface area (Å²) in [5.74, 6) is 0. The minimum Gasteiger partial charge on any atom is -0.379 e. The third-order valence-corrected chi connectivity index (χ3v) is 3.56. The van der Waals surface area contributed by atoms with Crippen molar-refractivity contribution >= 4 is 0 Å². The van der Waals surface area contributed by atoms with Crippen LogP contribution < -0.4 is 5.32 Å². The van der Waals surface area contributed by atoms with Crippen LogP contribution in [0.4, 0.5) is 0 Å². The molecule has 0 aromatic carbocycles. The molecule has 2 saturated heterocycles. The standard InChI is InChI=1S/C12H24N2O2/c1-12(2)10-16-8-6-14(12)5-3-11-9-15-7-4-13-11/h11,13H,3-10H2,1-2H3. The van der Waals surface area contributed by atoms with E-state index in [0.29, 0.717) is 6.04 Å². The first-order valence-electron chi connectivity index (χ1n) is 6.32. The van der Waals surface area contributed by atoms with Gasteiger partial charge in [0.2, 0.25) is 0 Å². The van der Waals surface area contributed by atoms with Crippen molar-refractivity contribution in [3.8, 4) is 0 Å². The first-order chi connectivity index (χ1) is 7.68. The zero-order chi connectivity index (χ0) is 11.4. The van der Waals surface area contributed by atoms with Crippen LogP contribution in [0, 0.1) is 0 Å².